The Balaban J connectivity index is 1.48. The SMILES string of the molecule is CC(CC(=O)N1CCN(Cc2cccc(Cl)c2)CC1)c1ccc(F)cc1. The Morgan fingerprint density at radius 3 is 2.46 bits per heavy atom. The average Bonchev–Trinajstić information content (AvgIpc) is 2.63. The molecule has 0 radical (unpaired) electrons. The van der Waals surface area contributed by atoms with Crippen molar-refractivity contribution in [3.05, 3.63) is 70.5 Å². The molecule has 2 aromatic carbocycles. The molecule has 0 saturated carbocycles. The molecule has 0 bridgehead atoms. The predicted molar refractivity (Wildman–Crippen MR) is 103 cm³/mol. The van der Waals surface area contributed by atoms with E-state index in [1.165, 1.54) is 17.7 Å². The van der Waals surface area contributed by atoms with Gasteiger partial charge in [-0.05, 0) is 41.3 Å². The molecule has 2 aromatic rings. The molecule has 138 valence electrons. The Hall–Kier alpha value is -1.91. The molecule has 1 atom stereocenters. The van der Waals surface area contributed by atoms with Crippen LogP contribution in [0.25, 0.3) is 0 Å². The zero-order valence-corrected chi connectivity index (χ0v) is 15.8. The van der Waals surface area contributed by atoms with E-state index >= 15 is 0 Å². The number of benzene rings is 2. The maximum Gasteiger partial charge on any atom is 0.223 e. The number of halogens is 2. The number of nitrogens with zero attached hydrogens (tertiary/aromatic N) is 2. The highest BCUT2D eigenvalue weighted by molar-refractivity contribution is 6.30. The van der Waals surface area contributed by atoms with Crippen molar-refractivity contribution < 1.29 is 9.18 Å². The summed E-state index contributed by atoms with van der Waals surface area (Å²) in [5, 5.41) is 0.756. The lowest BCUT2D eigenvalue weighted by Gasteiger charge is -2.35. The van der Waals surface area contributed by atoms with Gasteiger partial charge < -0.3 is 4.90 Å². The van der Waals surface area contributed by atoms with Crippen LogP contribution in [0.5, 0.6) is 0 Å². The molecule has 1 heterocycles. The van der Waals surface area contributed by atoms with Gasteiger partial charge in [0, 0.05) is 44.2 Å². The van der Waals surface area contributed by atoms with Gasteiger partial charge in [0.1, 0.15) is 5.82 Å². The molecule has 1 amide bonds. The van der Waals surface area contributed by atoms with Gasteiger partial charge in [0.2, 0.25) is 5.91 Å². The van der Waals surface area contributed by atoms with Crippen LogP contribution in [0.4, 0.5) is 4.39 Å². The van der Waals surface area contributed by atoms with Crippen molar-refractivity contribution >= 4 is 17.5 Å². The summed E-state index contributed by atoms with van der Waals surface area (Å²) in [6.07, 6.45) is 0.458. The predicted octanol–water partition coefficient (Wildman–Crippen LogP) is 4.32. The number of hydrogen-bond donors (Lipinski definition) is 0. The van der Waals surface area contributed by atoms with E-state index in [-0.39, 0.29) is 17.6 Å². The second kappa shape index (κ2) is 8.65. The first-order chi connectivity index (χ1) is 12.5. The lowest BCUT2D eigenvalue weighted by molar-refractivity contribution is -0.133. The van der Waals surface area contributed by atoms with Gasteiger partial charge in [-0.15, -0.1) is 0 Å². The minimum Gasteiger partial charge on any atom is -0.340 e. The van der Waals surface area contributed by atoms with Crippen LogP contribution >= 0.6 is 11.6 Å². The van der Waals surface area contributed by atoms with Crippen molar-refractivity contribution in [3.8, 4) is 0 Å². The van der Waals surface area contributed by atoms with E-state index in [9.17, 15) is 9.18 Å². The van der Waals surface area contributed by atoms with Crippen molar-refractivity contribution in [2.75, 3.05) is 26.2 Å². The molecule has 26 heavy (non-hydrogen) atoms. The van der Waals surface area contributed by atoms with Crippen LogP contribution < -0.4 is 0 Å². The second-order valence-electron chi connectivity index (χ2n) is 6.94. The molecule has 3 nitrogen and oxygen atoms in total. The Kier molecular flexibility index (Phi) is 6.28. The van der Waals surface area contributed by atoms with E-state index in [2.05, 4.69) is 11.0 Å². The van der Waals surface area contributed by atoms with E-state index < -0.39 is 0 Å². The summed E-state index contributed by atoms with van der Waals surface area (Å²) < 4.78 is 13.0. The van der Waals surface area contributed by atoms with E-state index in [4.69, 9.17) is 11.6 Å². The lowest BCUT2D eigenvalue weighted by atomic mass is 9.97. The van der Waals surface area contributed by atoms with Gasteiger partial charge in [0.15, 0.2) is 0 Å². The first kappa shape index (κ1) is 18.9. The fourth-order valence-electron chi connectivity index (χ4n) is 3.35. The maximum atomic E-state index is 13.0. The third-order valence-electron chi connectivity index (χ3n) is 4.94. The molecular weight excluding hydrogens is 351 g/mol. The molecule has 1 fully saturated rings. The largest absolute Gasteiger partial charge is 0.340 e. The van der Waals surface area contributed by atoms with Crippen LogP contribution in [-0.2, 0) is 11.3 Å². The molecule has 0 N–H and O–H groups in total. The van der Waals surface area contributed by atoms with Crippen molar-refractivity contribution in [1.82, 2.24) is 9.80 Å². The van der Waals surface area contributed by atoms with Crippen molar-refractivity contribution in [1.29, 1.82) is 0 Å². The summed E-state index contributed by atoms with van der Waals surface area (Å²) in [5.41, 5.74) is 2.20. The minimum absolute atomic E-state index is 0.0904. The Bertz CT molecular complexity index is 742. The smallest absolute Gasteiger partial charge is 0.223 e. The number of carbonyl (C=O) groups excluding carboxylic acids is 1. The number of rotatable bonds is 5. The summed E-state index contributed by atoms with van der Waals surface area (Å²) in [6, 6.07) is 14.3. The molecule has 0 aromatic heterocycles. The molecule has 0 spiro atoms. The lowest BCUT2D eigenvalue weighted by Crippen LogP contribution is -2.48. The third-order valence-corrected chi connectivity index (χ3v) is 5.18. The summed E-state index contributed by atoms with van der Waals surface area (Å²) in [4.78, 5) is 16.9. The van der Waals surface area contributed by atoms with Crippen LogP contribution in [0.1, 0.15) is 30.4 Å². The van der Waals surface area contributed by atoms with Gasteiger partial charge in [-0.25, -0.2) is 4.39 Å². The van der Waals surface area contributed by atoms with E-state index in [0.29, 0.717) is 6.42 Å². The van der Waals surface area contributed by atoms with Crippen LogP contribution in [0, 0.1) is 5.82 Å². The number of piperazine rings is 1. The zero-order chi connectivity index (χ0) is 18.5. The van der Waals surface area contributed by atoms with Crippen LogP contribution in [0.15, 0.2) is 48.5 Å². The molecule has 1 aliphatic rings. The molecule has 1 aliphatic heterocycles. The van der Waals surface area contributed by atoms with Gasteiger partial charge in [-0.2, -0.15) is 0 Å². The summed E-state index contributed by atoms with van der Waals surface area (Å²) in [5.74, 6) is 0.0138. The van der Waals surface area contributed by atoms with E-state index in [1.807, 2.05) is 30.0 Å². The summed E-state index contributed by atoms with van der Waals surface area (Å²) in [7, 11) is 0. The highest BCUT2D eigenvalue weighted by atomic mass is 35.5. The van der Waals surface area contributed by atoms with Crippen molar-refractivity contribution in [2.45, 2.75) is 25.8 Å². The highest BCUT2D eigenvalue weighted by Gasteiger charge is 2.22. The molecule has 1 saturated heterocycles. The number of carbonyl (C=O) groups is 1. The van der Waals surface area contributed by atoms with Gasteiger partial charge in [-0.1, -0.05) is 42.8 Å². The fraction of sp³-hybridized carbons (Fsp3) is 0.381. The van der Waals surface area contributed by atoms with Gasteiger partial charge in [0.25, 0.3) is 0 Å². The highest BCUT2D eigenvalue weighted by Crippen LogP contribution is 2.21. The monoisotopic (exact) mass is 374 g/mol. The molecule has 0 aliphatic carbocycles. The first-order valence-corrected chi connectivity index (χ1v) is 9.39. The van der Waals surface area contributed by atoms with Gasteiger partial charge >= 0.3 is 0 Å². The molecule has 5 heteroatoms. The number of amides is 1. The van der Waals surface area contributed by atoms with E-state index in [1.54, 1.807) is 12.1 Å². The zero-order valence-electron chi connectivity index (χ0n) is 15.0. The average molecular weight is 375 g/mol. The topological polar surface area (TPSA) is 23.6 Å². The third kappa shape index (κ3) is 5.05. The molecule has 3 rings (SSSR count). The quantitative estimate of drug-likeness (QED) is 0.778. The first-order valence-electron chi connectivity index (χ1n) is 9.01. The molecule has 1 unspecified atom stereocenters. The van der Waals surface area contributed by atoms with Crippen LogP contribution in [0.2, 0.25) is 5.02 Å². The maximum absolute atomic E-state index is 13.0. The fourth-order valence-corrected chi connectivity index (χ4v) is 3.56. The Labute approximate surface area is 159 Å². The van der Waals surface area contributed by atoms with Crippen LogP contribution in [-0.4, -0.2) is 41.9 Å². The van der Waals surface area contributed by atoms with Crippen LogP contribution in [0.3, 0.4) is 0 Å². The van der Waals surface area contributed by atoms with Crippen molar-refractivity contribution in [3.63, 3.8) is 0 Å². The summed E-state index contributed by atoms with van der Waals surface area (Å²) in [6.45, 7) is 6.09. The Morgan fingerprint density at radius 1 is 1.12 bits per heavy atom. The number of hydrogen-bond acceptors (Lipinski definition) is 2. The van der Waals surface area contributed by atoms with E-state index in [0.717, 1.165) is 43.3 Å². The van der Waals surface area contributed by atoms with Crippen molar-refractivity contribution in [2.24, 2.45) is 0 Å². The summed E-state index contributed by atoms with van der Waals surface area (Å²) >= 11 is 6.04. The minimum atomic E-state index is -0.247. The van der Waals surface area contributed by atoms with Gasteiger partial charge in [-0.3, -0.25) is 9.69 Å². The normalized spacial score (nSPS) is 16.5. The van der Waals surface area contributed by atoms with Gasteiger partial charge in [0.05, 0.1) is 0 Å². The second-order valence-corrected chi connectivity index (χ2v) is 7.38. The molecular formula is C21H24ClFN2O. The standard InChI is InChI=1S/C21H24ClFN2O/c1-16(18-5-7-20(23)8-6-18)13-21(26)25-11-9-24(10-12-25)15-17-3-2-4-19(22)14-17/h2-8,14,16H,9-13,15H2,1H3. The Morgan fingerprint density at radius 2 is 1.81 bits per heavy atom.